The van der Waals surface area contributed by atoms with Crippen LogP contribution in [-0.4, -0.2) is 19.0 Å². The Morgan fingerprint density at radius 2 is 1.62 bits per heavy atom. The van der Waals surface area contributed by atoms with E-state index in [9.17, 15) is 4.79 Å². The van der Waals surface area contributed by atoms with E-state index in [0.29, 0.717) is 6.54 Å². The van der Waals surface area contributed by atoms with Gasteiger partial charge in [0, 0.05) is 17.3 Å². The van der Waals surface area contributed by atoms with Crippen LogP contribution in [0.25, 0.3) is 0 Å². The number of carbonyl (C=O) groups is 1. The fourth-order valence-corrected chi connectivity index (χ4v) is 2.46. The number of amides is 1. The van der Waals surface area contributed by atoms with Crippen LogP contribution in [0.5, 0.6) is 0 Å². The van der Waals surface area contributed by atoms with Crippen molar-refractivity contribution in [1.82, 2.24) is 5.32 Å². The predicted octanol–water partition coefficient (Wildman–Crippen LogP) is 4.41. The topological polar surface area (TPSA) is 41.1 Å². The molecule has 0 spiro atoms. The molecule has 0 fully saturated rings. The Morgan fingerprint density at radius 3 is 2.21 bits per heavy atom. The summed E-state index contributed by atoms with van der Waals surface area (Å²) in [7, 11) is 0. The fourth-order valence-electron chi connectivity index (χ4n) is 2.33. The van der Waals surface area contributed by atoms with Gasteiger partial charge in [0.2, 0.25) is 5.91 Å². The fraction of sp³-hybridized carbons (Fsp3) is 0.350. The molecule has 0 aliphatic heterocycles. The highest BCUT2D eigenvalue weighted by molar-refractivity contribution is 6.30. The van der Waals surface area contributed by atoms with Gasteiger partial charge in [-0.3, -0.25) is 4.79 Å². The highest BCUT2D eigenvalue weighted by atomic mass is 35.5. The number of hydrogen-bond acceptors (Lipinski definition) is 2. The second-order valence-corrected chi connectivity index (χ2v) is 7.34. The molecular weight excluding hydrogens is 320 g/mol. The van der Waals surface area contributed by atoms with Crippen LogP contribution in [0.2, 0.25) is 5.02 Å². The SMILES string of the molecule is CC(C)(C)c1ccc(NCC(=O)NCCc2ccc(Cl)cc2)cc1. The zero-order valence-corrected chi connectivity index (χ0v) is 15.3. The second kappa shape index (κ2) is 8.20. The summed E-state index contributed by atoms with van der Waals surface area (Å²) in [6, 6.07) is 15.9. The van der Waals surface area contributed by atoms with Gasteiger partial charge >= 0.3 is 0 Å². The van der Waals surface area contributed by atoms with Crippen molar-refractivity contribution in [2.75, 3.05) is 18.4 Å². The normalized spacial score (nSPS) is 11.2. The van der Waals surface area contributed by atoms with Crippen LogP contribution in [0.15, 0.2) is 48.5 Å². The van der Waals surface area contributed by atoms with E-state index < -0.39 is 0 Å². The molecule has 0 saturated carbocycles. The zero-order valence-electron chi connectivity index (χ0n) is 14.5. The second-order valence-electron chi connectivity index (χ2n) is 6.91. The van der Waals surface area contributed by atoms with E-state index in [1.54, 1.807) is 0 Å². The number of anilines is 1. The molecule has 0 heterocycles. The maximum absolute atomic E-state index is 11.9. The van der Waals surface area contributed by atoms with Crippen LogP contribution in [0, 0.1) is 0 Å². The van der Waals surface area contributed by atoms with Crippen molar-refractivity contribution >= 4 is 23.2 Å². The summed E-state index contributed by atoms with van der Waals surface area (Å²) >= 11 is 5.85. The van der Waals surface area contributed by atoms with Crippen LogP contribution < -0.4 is 10.6 Å². The van der Waals surface area contributed by atoms with Crippen LogP contribution >= 0.6 is 11.6 Å². The van der Waals surface area contributed by atoms with Crippen molar-refractivity contribution in [3.05, 3.63) is 64.7 Å². The van der Waals surface area contributed by atoms with Gasteiger partial charge in [-0.15, -0.1) is 0 Å². The minimum Gasteiger partial charge on any atom is -0.376 e. The summed E-state index contributed by atoms with van der Waals surface area (Å²) in [5.41, 5.74) is 3.53. The monoisotopic (exact) mass is 344 g/mol. The van der Waals surface area contributed by atoms with Crippen LogP contribution in [0.1, 0.15) is 31.9 Å². The molecule has 3 nitrogen and oxygen atoms in total. The van der Waals surface area contributed by atoms with E-state index in [1.165, 1.54) is 5.56 Å². The first-order chi connectivity index (χ1) is 11.3. The Hall–Kier alpha value is -2.00. The number of benzene rings is 2. The Balaban J connectivity index is 1.72. The number of hydrogen-bond donors (Lipinski definition) is 2. The third-order valence-corrected chi connectivity index (χ3v) is 4.11. The van der Waals surface area contributed by atoms with Crippen LogP contribution in [0.4, 0.5) is 5.69 Å². The third kappa shape index (κ3) is 5.89. The van der Waals surface area contributed by atoms with Crippen LogP contribution in [-0.2, 0) is 16.6 Å². The highest BCUT2D eigenvalue weighted by Gasteiger charge is 2.12. The summed E-state index contributed by atoms with van der Waals surface area (Å²) in [5.74, 6) is -0.0103. The molecule has 2 rings (SSSR count). The van der Waals surface area contributed by atoms with Crippen molar-refractivity contribution in [3.8, 4) is 0 Å². The molecule has 1 amide bonds. The largest absolute Gasteiger partial charge is 0.376 e. The number of rotatable bonds is 6. The number of nitrogens with one attached hydrogen (secondary N) is 2. The van der Waals surface area contributed by atoms with Gasteiger partial charge in [-0.25, -0.2) is 0 Å². The molecule has 2 N–H and O–H groups in total. The maximum atomic E-state index is 11.9. The molecule has 0 aliphatic carbocycles. The molecule has 0 unspecified atom stereocenters. The molecule has 24 heavy (non-hydrogen) atoms. The molecule has 0 bridgehead atoms. The Kier molecular flexibility index (Phi) is 6.27. The van der Waals surface area contributed by atoms with E-state index in [1.807, 2.05) is 36.4 Å². The van der Waals surface area contributed by atoms with Crippen molar-refractivity contribution in [2.24, 2.45) is 0 Å². The van der Waals surface area contributed by atoms with E-state index in [2.05, 4.69) is 43.5 Å². The van der Waals surface area contributed by atoms with E-state index in [-0.39, 0.29) is 17.9 Å². The standard InChI is InChI=1S/C20H25ClN2O/c1-20(2,3)16-6-10-18(11-7-16)23-14-19(24)22-13-12-15-4-8-17(21)9-5-15/h4-11,23H,12-14H2,1-3H3,(H,22,24). The quantitative estimate of drug-likeness (QED) is 0.815. The van der Waals surface area contributed by atoms with Gasteiger partial charge in [0.1, 0.15) is 0 Å². The first kappa shape index (κ1) is 18.3. The summed E-state index contributed by atoms with van der Waals surface area (Å²) in [5, 5.41) is 6.79. The summed E-state index contributed by atoms with van der Waals surface area (Å²) in [6.45, 7) is 7.44. The van der Waals surface area contributed by atoms with Gasteiger partial charge < -0.3 is 10.6 Å². The molecule has 0 radical (unpaired) electrons. The van der Waals surface area contributed by atoms with Crippen molar-refractivity contribution < 1.29 is 4.79 Å². The molecule has 128 valence electrons. The van der Waals surface area contributed by atoms with Gasteiger partial charge in [0.25, 0.3) is 0 Å². The molecule has 0 aliphatic rings. The zero-order chi connectivity index (χ0) is 17.6. The highest BCUT2D eigenvalue weighted by Crippen LogP contribution is 2.23. The van der Waals surface area contributed by atoms with Crippen molar-refractivity contribution in [2.45, 2.75) is 32.6 Å². The summed E-state index contributed by atoms with van der Waals surface area (Å²) in [4.78, 5) is 11.9. The average molecular weight is 345 g/mol. The summed E-state index contributed by atoms with van der Waals surface area (Å²) < 4.78 is 0. The molecule has 2 aromatic carbocycles. The average Bonchev–Trinajstić information content (AvgIpc) is 2.54. The minimum atomic E-state index is -0.0103. The summed E-state index contributed by atoms with van der Waals surface area (Å²) in [6.07, 6.45) is 0.795. The van der Waals surface area contributed by atoms with Gasteiger partial charge in [-0.05, 0) is 47.2 Å². The number of carbonyl (C=O) groups excluding carboxylic acids is 1. The van der Waals surface area contributed by atoms with E-state index >= 15 is 0 Å². The predicted molar refractivity (Wildman–Crippen MR) is 102 cm³/mol. The molecular formula is C20H25ClN2O. The van der Waals surface area contributed by atoms with Gasteiger partial charge in [-0.2, -0.15) is 0 Å². The molecule has 0 saturated heterocycles. The van der Waals surface area contributed by atoms with Crippen LogP contribution in [0.3, 0.4) is 0 Å². The lowest BCUT2D eigenvalue weighted by molar-refractivity contribution is -0.119. The van der Waals surface area contributed by atoms with Gasteiger partial charge in [0.05, 0.1) is 6.54 Å². The third-order valence-electron chi connectivity index (χ3n) is 3.85. The first-order valence-corrected chi connectivity index (χ1v) is 8.58. The van der Waals surface area contributed by atoms with E-state index in [4.69, 9.17) is 11.6 Å². The minimum absolute atomic E-state index is 0.0103. The van der Waals surface area contributed by atoms with E-state index in [0.717, 1.165) is 22.7 Å². The van der Waals surface area contributed by atoms with Gasteiger partial charge in [0.15, 0.2) is 0 Å². The molecule has 0 atom stereocenters. The Bertz CT molecular complexity index is 658. The lowest BCUT2D eigenvalue weighted by Gasteiger charge is -2.19. The maximum Gasteiger partial charge on any atom is 0.239 e. The first-order valence-electron chi connectivity index (χ1n) is 8.20. The molecule has 0 aromatic heterocycles. The van der Waals surface area contributed by atoms with Gasteiger partial charge in [-0.1, -0.05) is 56.6 Å². The lowest BCUT2D eigenvalue weighted by Crippen LogP contribution is -2.31. The van der Waals surface area contributed by atoms with Crippen molar-refractivity contribution in [3.63, 3.8) is 0 Å². The Labute approximate surface area is 149 Å². The molecule has 2 aromatic rings. The lowest BCUT2D eigenvalue weighted by atomic mass is 9.87. The Morgan fingerprint density at radius 1 is 1.00 bits per heavy atom. The molecule has 4 heteroatoms. The van der Waals surface area contributed by atoms with Crippen molar-refractivity contribution in [1.29, 1.82) is 0 Å². The number of halogens is 1. The smallest absolute Gasteiger partial charge is 0.239 e.